The summed E-state index contributed by atoms with van der Waals surface area (Å²) in [7, 11) is 0. The average molecular weight is 876 g/mol. The van der Waals surface area contributed by atoms with E-state index >= 15 is 0 Å². The van der Waals surface area contributed by atoms with Crippen molar-refractivity contribution in [3.63, 3.8) is 0 Å². The van der Waals surface area contributed by atoms with Crippen LogP contribution in [-0.4, -0.2) is 140 Å². The predicted octanol–water partition coefficient (Wildman–Crippen LogP) is 5.60. The summed E-state index contributed by atoms with van der Waals surface area (Å²) in [6, 6.07) is -0.821. The number of nitrogens with one attached hydrogen (secondary N) is 1. The van der Waals surface area contributed by atoms with E-state index in [1.165, 1.54) is 109 Å². The lowest BCUT2D eigenvalue weighted by molar-refractivity contribution is -0.359. The number of hydrogen-bond donors (Lipinski definition) is 9. The number of aliphatic hydroxyl groups is 8. The molecule has 0 aliphatic carbocycles. The number of carbonyl (C=O) groups is 1. The first kappa shape index (κ1) is 55.9. The Hall–Kier alpha value is -1.27. The molecule has 0 aromatic heterocycles. The largest absolute Gasteiger partial charge is 0.394 e. The van der Waals surface area contributed by atoms with E-state index in [9.17, 15) is 45.6 Å². The third kappa shape index (κ3) is 23.0. The highest BCUT2D eigenvalue weighted by Crippen LogP contribution is 2.30. The second kappa shape index (κ2) is 35.0. The van der Waals surface area contributed by atoms with Crippen molar-refractivity contribution in [3.8, 4) is 0 Å². The van der Waals surface area contributed by atoms with E-state index in [0.29, 0.717) is 12.8 Å². The fourth-order valence-corrected chi connectivity index (χ4v) is 8.17. The van der Waals surface area contributed by atoms with Gasteiger partial charge in [0, 0.05) is 6.42 Å². The summed E-state index contributed by atoms with van der Waals surface area (Å²) in [6.45, 7) is 2.71. The zero-order valence-electron chi connectivity index (χ0n) is 37.9. The molecule has 0 radical (unpaired) electrons. The van der Waals surface area contributed by atoms with Crippen LogP contribution in [0.2, 0.25) is 0 Å². The molecule has 2 aliphatic heterocycles. The molecular formula is C47H89NO13. The fourth-order valence-electron chi connectivity index (χ4n) is 8.17. The quantitative estimate of drug-likeness (QED) is 0.0274. The van der Waals surface area contributed by atoms with Gasteiger partial charge in [-0.3, -0.25) is 4.79 Å². The molecule has 14 nitrogen and oxygen atoms in total. The highest BCUT2D eigenvalue weighted by Gasteiger charge is 2.51. The van der Waals surface area contributed by atoms with Crippen LogP contribution in [-0.2, 0) is 23.7 Å². The molecule has 61 heavy (non-hydrogen) atoms. The van der Waals surface area contributed by atoms with Gasteiger partial charge >= 0.3 is 0 Å². The van der Waals surface area contributed by atoms with E-state index in [0.717, 1.165) is 51.4 Å². The van der Waals surface area contributed by atoms with Crippen molar-refractivity contribution in [2.75, 3.05) is 19.8 Å². The maximum Gasteiger partial charge on any atom is 0.220 e. The molecule has 0 aromatic rings. The summed E-state index contributed by atoms with van der Waals surface area (Å²) in [5, 5.41) is 86.1. The Morgan fingerprint density at radius 3 is 1.56 bits per heavy atom. The zero-order chi connectivity index (χ0) is 44.7. The van der Waals surface area contributed by atoms with Gasteiger partial charge in [-0.05, 0) is 38.5 Å². The molecule has 1 amide bonds. The third-order valence-corrected chi connectivity index (χ3v) is 12.2. The third-order valence-electron chi connectivity index (χ3n) is 12.2. The molecule has 360 valence electrons. The van der Waals surface area contributed by atoms with Gasteiger partial charge in [0.1, 0.15) is 48.8 Å². The number of aliphatic hydroxyl groups excluding tert-OH is 8. The molecule has 2 fully saturated rings. The molecule has 2 rings (SSSR count). The van der Waals surface area contributed by atoms with E-state index in [-0.39, 0.29) is 12.5 Å². The van der Waals surface area contributed by atoms with Gasteiger partial charge in [-0.2, -0.15) is 0 Å². The van der Waals surface area contributed by atoms with Crippen molar-refractivity contribution in [1.82, 2.24) is 5.32 Å². The fraction of sp³-hybridized carbons (Fsp3) is 0.936. The molecule has 2 aliphatic rings. The van der Waals surface area contributed by atoms with Crippen LogP contribution in [0.15, 0.2) is 12.2 Å². The Morgan fingerprint density at radius 1 is 0.574 bits per heavy atom. The maximum absolute atomic E-state index is 13.0. The number of carbonyl (C=O) groups excluding carboxylic acids is 1. The van der Waals surface area contributed by atoms with Crippen molar-refractivity contribution >= 4 is 5.91 Å². The highest BCUT2D eigenvalue weighted by molar-refractivity contribution is 5.76. The van der Waals surface area contributed by atoms with Crippen LogP contribution in [0.1, 0.15) is 187 Å². The molecule has 14 heteroatoms. The summed E-state index contributed by atoms with van der Waals surface area (Å²) in [6.07, 6.45) is 18.8. The van der Waals surface area contributed by atoms with Crippen molar-refractivity contribution in [3.05, 3.63) is 12.2 Å². The standard InChI is InChI=1S/C47H89NO13/c1-3-5-7-9-10-11-12-13-14-15-16-17-18-19-20-21-22-23-24-25-26-27-29-31-39(52)48-35(36(51)30-28-8-6-4-2)34-58-46-44(57)42(55)45(38(33-50)60-46)61-47-43(56)41(54)40(53)37(32-49)59-47/h15-16,35-38,40-47,49-51,53-57H,3-14,17-34H2,1-2H3,(H,48,52)/b16-15-. The van der Waals surface area contributed by atoms with Crippen LogP contribution in [0.25, 0.3) is 0 Å². The van der Waals surface area contributed by atoms with E-state index in [1.54, 1.807) is 0 Å². The van der Waals surface area contributed by atoms with Crippen LogP contribution in [0.4, 0.5) is 0 Å². The molecule has 2 heterocycles. The van der Waals surface area contributed by atoms with E-state index in [2.05, 4.69) is 31.3 Å². The minimum absolute atomic E-state index is 0.216. The molecule has 2 saturated heterocycles. The van der Waals surface area contributed by atoms with Crippen LogP contribution < -0.4 is 5.32 Å². The van der Waals surface area contributed by atoms with E-state index < -0.39 is 86.8 Å². The summed E-state index contributed by atoms with van der Waals surface area (Å²) in [5.41, 5.74) is 0. The highest BCUT2D eigenvalue weighted by atomic mass is 16.7. The van der Waals surface area contributed by atoms with Crippen LogP contribution in [0, 0.1) is 0 Å². The second-order valence-electron chi connectivity index (χ2n) is 17.6. The molecule has 9 N–H and O–H groups in total. The average Bonchev–Trinajstić information content (AvgIpc) is 3.26. The Bertz CT molecular complexity index is 1080. The van der Waals surface area contributed by atoms with E-state index in [1.807, 2.05) is 0 Å². The lowest BCUT2D eigenvalue weighted by atomic mass is 9.97. The molecular weight excluding hydrogens is 787 g/mol. The van der Waals surface area contributed by atoms with Gasteiger partial charge in [0.2, 0.25) is 5.91 Å². The van der Waals surface area contributed by atoms with Gasteiger partial charge in [0.05, 0.1) is 32.0 Å². The van der Waals surface area contributed by atoms with Crippen molar-refractivity contribution < 1.29 is 64.6 Å². The first-order valence-corrected chi connectivity index (χ1v) is 24.4. The zero-order valence-corrected chi connectivity index (χ0v) is 37.9. The lowest BCUT2D eigenvalue weighted by Crippen LogP contribution is -2.65. The summed E-state index contributed by atoms with van der Waals surface area (Å²) >= 11 is 0. The summed E-state index contributed by atoms with van der Waals surface area (Å²) in [4.78, 5) is 13.0. The Labute approximate surface area is 367 Å². The van der Waals surface area contributed by atoms with Crippen molar-refractivity contribution in [1.29, 1.82) is 0 Å². The van der Waals surface area contributed by atoms with Crippen LogP contribution in [0.5, 0.6) is 0 Å². The first-order chi connectivity index (χ1) is 29.6. The first-order valence-electron chi connectivity index (χ1n) is 24.4. The monoisotopic (exact) mass is 876 g/mol. The topological polar surface area (TPSA) is 228 Å². The normalized spacial score (nSPS) is 28.0. The Balaban J connectivity index is 1.66. The summed E-state index contributed by atoms with van der Waals surface area (Å²) in [5.74, 6) is -0.216. The Kier molecular flexibility index (Phi) is 32.1. The minimum Gasteiger partial charge on any atom is -0.394 e. The van der Waals surface area contributed by atoms with Gasteiger partial charge in [0.25, 0.3) is 0 Å². The van der Waals surface area contributed by atoms with Crippen LogP contribution in [0.3, 0.4) is 0 Å². The predicted molar refractivity (Wildman–Crippen MR) is 235 cm³/mol. The SMILES string of the molecule is CCCCCCCCCC/C=C\CCCCCCCCCCCCCC(=O)NC(COC1OC(CO)C(OC2OC(CO)C(O)C(O)C2O)C(O)C1O)C(O)CCCCCC. The van der Waals surface area contributed by atoms with Crippen molar-refractivity contribution in [2.45, 2.75) is 261 Å². The smallest absolute Gasteiger partial charge is 0.220 e. The molecule has 12 atom stereocenters. The van der Waals surface area contributed by atoms with E-state index in [4.69, 9.17) is 18.9 Å². The molecule has 0 bridgehead atoms. The number of hydrogen-bond acceptors (Lipinski definition) is 13. The van der Waals surface area contributed by atoms with Gasteiger partial charge in [0.15, 0.2) is 12.6 Å². The van der Waals surface area contributed by atoms with Gasteiger partial charge in [-0.1, -0.05) is 154 Å². The van der Waals surface area contributed by atoms with Gasteiger partial charge < -0.3 is 65.1 Å². The number of allylic oxidation sites excluding steroid dienone is 2. The minimum atomic E-state index is -1.78. The maximum atomic E-state index is 13.0. The van der Waals surface area contributed by atoms with Crippen LogP contribution >= 0.6 is 0 Å². The lowest BCUT2D eigenvalue weighted by Gasteiger charge is -2.46. The molecule has 12 unspecified atom stereocenters. The summed E-state index contributed by atoms with van der Waals surface area (Å²) < 4.78 is 22.6. The van der Waals surface area contributed by atoms with Gasteiger partial charge in [-0.15, -0.1) is 0 Å². The molecule has 0 saturated carbocycles. The number of unbranched alkanes of at least 4 members (excludes halogenated alkanes) is 22. The van der Waals surface area contributed by atoms with Gasteiger partial charge in [-0.25, -0.2) is 0 Å². The number of amides is 1. The molecule has 0 aromatic carbocycles. The van der Waals surface area contributed by atoms with Crippen molar-refractivity contribution in [2.24, 2.45) is 0 Å². The number of rotatable bonds is 37. The number of ether oxygens (including phenoxy) is 4. The second-order valence-corrected chi connectivity index (χ2v) is 17.6. The molecule has 0 spiro atoms. The Morgan fingerprint density at radius 2 is 1.03 bits per heavy atom.